The average molecular weight is 392 g/mol. The molecule has 0 radical (unpaired) electrons. The van der Waals surface area contributed by atoms with Gasteiger partial charge in [0.1, 0.15) is 0 Å². The van der Waals surface area contributed by atoms with Crippen LogP contribution in [0, 0.1) is 6.92 Å². The lowest BCUT2D eigenvalue weighted by Crippen LogP contribution is -2.41. The molecule has 0 aliphatic carbocycles. The summed E-state index contributed by atoms with van der Waals surface area (Å²) in [6, 6.07) is 4.84. The maximum absolute atomic E-state index is 12.9. The Morgan fingerprint density at radius 3 is 2.56 bits per heavy atom. The summed E-state index contributed by atoms with van der Waals surface area (Å²) in [4.78, 5) is 14.3. The normalized spacial score (nSPS) is 15.5. The molecule has 1 aliphatic rings. The molecule has 2 rings (SSSR count). The molecule has 25 heavy (non-hydrogen) atoms. The number of likely N-dealkylation sites (N-methyl/N-ethyl adjacent to an activating group) is 2. The van der Waals surface area contributed by atoms with Gasteiger partial charge < -0.3 is 15.0 Å². The van der Waals surface area contributed by atoms with Gasteiger partial charge in [0.05, 0.1) is 18.1 Å². The van der Waals surface area contributed by atoms with E-state index >= 15 is 0 Å². The Morgan fingerprint density at radius 1 is 1.32 bits per heavy atom. The molecular formula is C16H26ClN3O4S. The van der Waals surface area contributed by atoms with Crippen molar-refractivity contribution in [3.8, 4) is 0 Å². The van der Waals surface area contributed by atoms with Crippen molar-refractivity contribution in [1.82, 2.24) is 14.5 Å². The third-order valence-corrected chi connectivity index (χ3v) is 6.11. The largest absolute Gasteiger partial charge is 0.379 e. The zero-order valence-corrected chi connectivity index (χ0v) is 16.5. The number of halogens is 1. The van der Waals surface area contributed by atoms with Crippen LogP contribution in [0.2, 0.25) is 0 Å². The van der Waals surface area contributed by atoms with Crippen LogP contribution in [0.1, 0.15) is 15.9 Å². The topological polar surface area (TPSA) is 79.0 Å². The van der Waals surface area contributed by atoms with Gasteiger partial charge in [-0.2, -0.15) is 4.31 Å². The smallest absolute Gasteiger partial charge is 0.253 e. The molecule has 1 N–H and O–H groups in total. The predicted molar refractivity (Wildman–Crippen MR) is 98.9 cm³/mol. The summed E-state index contributed by atoms with van der Waals surface area (Å²) in [6.07, 6.45) is 0. The Labute approximate surface area is 155 Å². The number of sulfonamides is 1. The van der Waals surface area contributed by atoms with Gasteiger partial charge in [0, 0.05) is 38.8 Å². The number of morpholine rings is 1. The lowest BCUT2D eigenvalue weighted by atomic mass is 10.1. The molecule has 1 amide bonds. The Hall–Kier alpha value is -1.19. The number of nitrogens with zero attached hydrogens (tertiary/aromatic N) is 2. The SMILES string of the molecule is CNCCN(C)C(=O)c1ccc(C)c(S(=O)(=O)N2CCOCC2)c1.Cl. The van der Waals surface area contributed by atoms with Gasteiger partial charge in [-0.3, -0.25) is 4.79 Å². The van der Waals surface area contributed by atoms with Crippen LogP contribution in [0.25, 0.3) is 0 Å². The number of hydrogen-bond donors (Lipinski definition) is 1. The molecule has 0 spiro atoms. The van der Waals surface area contributed by atoms with Crippen molar-refractivity contribution < 1.29 is 17.9 Å². The molecular weight excluding hydrogens is 366 g/mol. The van der Waals surface area contributed by atoms with Crippen molar-refractivity contribution in [3.63, 3.8) is 0 Å². The zero-order valence-electron chi connectivity index (χ0n) is 14.8. The first-order valence-electron chi connectivity index (χ1n) is 7.96. The second-order valence-corrected chi connectivity index (χ2v) is 7.73. The van der Waals surface area contributed by atoms with Crippen molar-refractivity contribution in [1.29, 1.82) is 0 Å². The van der Waals surface area contributed by atoms with Crippen molar-refractivity contribution in [2.24, 2.45) is 0 Å². The lowest BCUT2D eigenvalue weighted by molar-refractivity contribution is 0.0730. The molecule has 9 heteroatoms. The number of amides is 1. The molecule has 1 aliphatic heterocycles. The summed E-state index contributed by atoms with van der Waals surface area (Å²) in [5, 5.41) is 2.98. The highest BCUT2D eigenvalue weighted by Gasteiger charge is 2.28. The standard InChI is InChI=1S/C16H25N3O4S.ClH/c1-13-4-5-14(16(20)18(3)7-6-17-2)12-15(13)24(21,22)19-8-10-23-11-9-19;/h4-5,12,17H,6-11H2,1-3H3;1H. The maximum atomic E-state index is 12.9. The first-order chi connectivity index (χ1) is 11.4. The minimum absolute atomic E-state index is 0. The number of carbonyl (C=O) groups is 1. The number of ether oxygens (including phenoxy) is 1. The summed E-state index contributed by atoms with van der Waals surface area (Å²) in [5.74, 6) is -0.191. The van der Waals surface area contributed by atoms with E-state index < -0.39 is 10.0 Å². The third kappa shape index (κ3) is 5.15. The highest BCUT2D eigenvalue weighted by Crippen LogP contribution is 2.22. The Kier molecular flexibility index (Phi) is 8.30. The third-order valence-electron chi connectivity index (χ3n) is 4.07. The zero-order chi connectivity index (χ0) is 17.7. The number of aryl methyl sites for hydroxylation is 1. The maximum Gasteiger partial charge on any atom is 0.253 e. The number of hydrogen-bond acceptors (Lipinski definition) is 5. The first kappa shape index (κ1) is 21.9. The fourth-order valence-corrected chi connectivity index (χ4v) is 4.20. The van der Waals surface area contributed by atoms with Gasteiger partial charge in [-0.05, 0) is 31.7 Å². The van der Waals surface area contributed by atoms with E-state index in [0.29, 0.717) is 50.5 Å². The van der Waals surface area contributed by atoms with E-state index in [9.17, 15) is 13.2 Å². The number of benzene rings is 1. The van der Waals surface area contributed by atoms with E-state index in [4.69, 9.17) is 4.74 Å². The van der Waals surface area contributed by atoms with E-state index in [0.717, 1.165) is 0 Å². The summed E-state index contributed by atoms with van der Waals surface area (Å²) in [7, 11) is -0.100. The molecule has 0 bridgehead atoms. The molecule has 1 aromatic carbocycles. The molecule has 1 heterocycles. The quantitative estimate of drug-likeness (QED) is 0.773. The second-order valence-electron chi connectivity index (χ2n) is 5.83. The highest BCUT2D eigenvalue weighted by molar-refractivity contribution is 7.89. The van der Waals surface area contributed by atoms with E-state index in [1.807, 2.05) is 7.05 Å². The fraction of sp³-hybridized carbons (Fsp3) is 0.562. The molecule has 1 fully saturated rings. The Balaban J connectivity index is 0.00000312. The van der Waals surface area contributed by atoms with Crippen LogP contribution in [0.5, 0.6) is 0 Å². The molecule has 0 unspecified atom stereocenters. The summed E-state index contributed by atoms with van der Waals surface area (Å²) in [6.45, 7) is 4.42. The molecule has 7 nitrogen and oxygen atoms in total. The van der Waals surface area contributed by atoms with E-state index in [2.05, 4.69) is 5.32 Å². The summed E-state index contributed by atoms with van der Waals surface area (Å²) < 4.78 is 32.4. The Bertz CT molecular complexity index is 691. The minimum atomic E-state index is -3.62. The monoisotopic (exact) mass is 391 g/mol. The van der Waals surface area contributed by atoms with Crippen molar-refractivity contribution in [3.05, 3.63) is 29.3 Å². The van der Waals surface area contributed by atoms with Gasteiger partial charge in [0.2, 0.25) is 10.0 Å². The lowest BCUT2D eigenvalue weighted by Gasteiger charge is -2.27. The van der Waals surface area contributed by atoms with E-state index in [-0.39, 0.29) is 23.2 Å². The molecule has 0 aromatic heterocycles. The molecule has 1 aromatic rings. The van der Waals surface area contributed by atoms with Gasteiger partial charge in [-0.1, -0.05) is 6.07 Å². The summed E-state index contributed by atoms with van der Waals surface area (Å²) in [5.41, 5.74) is 1.02. The van der Waals surface area contributed by atoms with Crippen molar-refractivity contribution >= 4 is 28.3 Å². The highest BCUT2D eigenvalue weighted by atomic mass is 35.5. The van der Waals surface area contributed by atoms with Gasteiger partial charge in [-0.15, -0.1) is 12.4 Å². The van der Waals surface area contributed by atoms with Crippen LogP contribution in [0.4, 0.5) is 0 Å². The number of nitrogens with one attached hydrogen (secondary N) is 1. The molecule has 0 saturated carbocycles. The van der Waals surface area contributed by atoms with E-state index in [1.54, 1.807) is 31.0 Å². The average Bonchev–Trinajstić information content (AvgIpc) is 2.60. The fourth-order valence-electron chi connectivity index (χ4n) is 2.54. The number of carbonyl (C=O) groups excluding carboxylic acids is 1. The summed E-state index contributed by atoms with van der Waals surface area (Å²) >= 11 is 0. The van der Waals surface area contributed by atoms with Crippen LogP contribution in [-0.2, 0) is 14.8 Å². The second kappa shape index (κ2) is 9.49. The number of rotatable bonds is 6. The van der Waals surface area contributed by atoms with Crippen LogP contribution < -0.4 is 5.32 Å². The Morgan fingerprint density at radius 2 is 1.96 bits per heavy atom. The van der Waals surface area contributed by atoms with Crippen LogP contribution in [0.15, 0.2) is 23.1 Å². The van der Waals surface area contributed by atoms with E-state index in [1.165, 1.54) is 10.4 Å². The first-order valence-corrected chi connectivity index (χ1v) is 9.40. The van der Waals surface area contributed by atoms with Crippen molar-refractivity contribution in [2.45, 2.75) is 11.8 Å². The molecule has 0 atom stereocenters. The van der Waals surface area contributed by atoms with Crippen LogP contribution in [-0.4, -0.2) is 77.0 Å². The van der Waals surface area contributed by atoms with Gasteiger partial charge in [0.25, 0.3) is 5.91 Å². The predicted octanol–water partition coefficient (Wildman–Crippen LogP) is 0.729. The van der Waals surface area contributed by atoms with Crippen molar-refractivity contribution in [2.75, 3.05) is 53.5 Å². The minimum Gasteiger partial charge on any atom is -0.379 e. The molecule has 142 valence electrons. The molecule has 1 saturated heterocycles. The van der Waals surface area contributed by atoms with Crippen LogP contribution in [0.3, 0.4) is 0 Å². The van der Waals surface area contributed by atoms with Gasteiger partial charge in [0.15, 0.2) is 0 Å². The van der Waals surface area contributed by atoms with Crippen LogP contribution >= 0.6 is 12.4 Å². The van der Waals surface area contributed by atoms with Gasteiger partial charge >= 0.3 is 0 Å². The van der Waals surface area contributed by atoms with Gasteiger partial charge in [-0.25, -0.2) is 8.42 Å².